The minimum Gasteiger partial charge on any atom is -0.326 e. The fraction of sp³-hybridized carbons (Fsp3) is 0.188. The fourth-order valence-corrected chi connectivity index (χ4v) is 3.22. The molecular weight excluding hydrogens is 382 g/mol. The molecule has 8 nitrogen and oxygen atoms in total. The topological polar surface area (TPSA) is 118 Å². The molecule has 0 spiro atoms. The summed E-state index contributed by atoms with van der Waals surface area (Å²) in [6.07, 6.45) is -0.130. The van der Waals surface area contributed by atoms with Gasteiger partial charge in [0.1, 0.15) is 0 Å². The lowest BCUT2D eigenvalue weighted by Crippen LogP contribution is -2.28. The molecule has 2 N–H and O–H groups in total. The summed E-state index contributed by atoms with van der Waals surface area (Å²) in [7, 11) is -3.75. The number of hydrogen-bond acceptors (Lipinski definition) is 5. The second-order valence-corrected chi connectivity index (χ2v) is 7.61. The van der Waals surface area contributed by atoms with E-state index in [0.717, 1.165) is 0 Å². The predicted octanol–water partition coefficient (Wildman–Crippen LogP) is 2.86. The summed E-state index contributed by atoms with van der Waals surface area (Å²) in [6.45, 7) is 1.58. The van der Waals surface area contributed by atoms with Gasteiger partial charge in [0.2, 0.25) is 15.9 Å². The molecule has 138 valence electrons. The van der Waals surface area contributed by atoms with Crippen molar-refractivity contribution in [1.29, 1.82) is 0 Å². The largest absolute Gasteiger partial charge is 0.326 e. The third kappa shape index (κ3) is 5.25. The SMILES string of the molecule is Cc1ccc([N+](=O)[O-])cc1NC(=O)CCNS(=O)(=O)c1ccc(Cl)cc1. The maximum Gasteiger partial charge on any atom is 0.271 e. The predicted molar refractivity (Wildman–Crippen MR) is 97.7 cm³/mol. The first kappa shape index (κ1) is 19.8. The lowest BCUT2D eigenvalue weighted by Gasteiger charge is -2.09. The average molecular weight is 398 g/mol. The van der Waals surface area contributed by atoms with Crippen LogP contribution in [0, 0.1) is 17.0 Å². The number of nitro benzene ring substituents is 1. The molecule has 2 aromatic carbocycles. The monoisotopic (exact) mass is 397 g/mol. The van der Waals surface area contributed by atoms with Crippen LogP contribution < -0.4 is 10.0 Å². The molecule has 0 bridgehead atoms. The summed E-state index contributed by atoms with van der Waals surface area (Å²) in [5.41, 5.74) is 0.824. The number of sulfonamides is 1. The van der Waals surface area contributed by atoms with Crippen LogP contribution in [0.2, 0.25) is 5.02 Å². The van der Waals surface area contributed by atoms with Gasteiger partial charge in [0, 0.05) is 30.1 Å². The zero-order chi connectivity index (χ0) is 19.3. The molecular formula is C16H16ClN3O5S. The summed E-state index contributed by atoms with van der Waals surface area (Å²) in [5.74, 6) is -0.465. The van der Waals surface area contributed by atoms with Crippen LogP contribution in [-0.2, 0) is 14.8 Å². The first-order valence-electron chi connectivity index (χ1n) is 7.49. The van der Waals surface area contributed by atoms with E-state index in [1.165, 1.54) is 42.5 Å². The Balaban J connectivity index is 1.94. The number of anilines is 1. The Morgan fingerprint density at radius 2 is 1.85 bits per heavy atom. The van der Waals surface area contributed by atoms with Crippen molar-refractivity contribution in [2.24, 2.45) is 0 Å². The molecule has 0 fully saturated rings. The summed E-state index contributed by atoms with van der Waals surface area (Å²) in [5, 5.41) is 13.8. The van der Waals surface area contributed by atoms with Gasteiger partial charge in [0.15, 0.2) is 0 Å². The van der Waals surface area contributed by atoms with E-state index in [4.69, 9.17) is 11.6 Å². The third-order valence-electron chi connectivity index (χ3n) is 3.47. The molecule has 0 aromatic heterocycles. The van der Waals surface area contributed by atoms with Gasteiger partial charge in [-0.25, -0.2) is 13.1 Å². The van der Waals surface area contributed by atoms with Gasteiger partial charge in [-0.2, -0.15) is 0 Å². The van der Waals surface area contributed by atoms with Crippen LogP contribution in [0.4, 0.5) is 11.4 Å². The second-order valence-electron chi connectivity index (χ2n) is 5.41. The molecule has 0 aliphatic heterocycles. The van der Waals surface area contributed by atoms with Crippen LogP contribution in [0.3, 0.4) is 0 Å². The quantitative estimate of drug-likeness (QED) is 0.550. The molecule has 0 aliphatic rings. The number of hydrogen-bond donors (Lipinski definition) is 2. The van der Waals surface area contributed by atoms with Crippen LogP contribution in [0.25, 0.3) is 0 Å². The van der Waals surface area contributed by atoms with Crippen molar-refractivity contribution in [2.75, 3.05) is 11.9 Å². The number of nitrogens with zero attached hydrogens (tertiary/aromatic N) is 1. The van der Waals surface area contributed by atoms with Crippen molar-refractivity contribution in [1.82, 2.24) is 4.72 Å². The van der Waals surface area contributed by atoms with Gasteiger partial charge in [-0.1, -0.05) is 17.7 Å². The van der Waals surface area contributed by atoms with E-state index < -0.39 is 20.9 Å². The summed E-state index contributed by atoms with van der Waals surface area (Å²) >= 11 is 5.72. The van der Waals surface area contributed by atoms with Crippen molar-refractivity contribution in [3.05, 3.63) is 63.2 Å². The van der Waals surface area contributed by atoms with Crippen molar-refractivity contribution in [2.45, 2.75) is 18.2 Å². The lowest BCUT2D eigenvalue weighted by atomic mass is 10.2. The summed E-state index contributed by atoms with van der Waals surface area (Å²) in [6, 6.07) is 9.74. The van der Waals surface area contributed by atoms with Gasteiger partial charge in [-0.3, -0.25) is 14.9 Å². The number of nitrogens with one attached hydrogen (secondary N) is 2. The molecule has 0 atom stereocenters. The highest BCUT2D eigenvalue weighted by atomic mass is 35.5. The van der Waals surface area contributed by atoms with Gasteiger partial charge < -0.3 is 5.32 Å². The molecule has 10 heteroatoms. The number of nitro groups is 1. The number of non-ortho nitro benzene ring substituents is 1. The number of carbonyl (C=O) groups is 1. The highest BCUT2D eigenvalue weighted by Crippen LogP contribution is 2.22. The molecule has 0 unspecified atom stereocenters. The van der Waals surface area contributed by atoms with E-state index >= 15 is 0 Å². The zero-order valence-corrected chi connectivity index (χ0v) is 15.3. The number of benzene rings is 2. The molecule has 2 rings (SSSR count). The first-order valence-corrected chi connectivity index (χ1v) is 9.35. The van der Waals surface area contributed by atoms with Gasteiger partial charge >= 0.3 is 0 Å². The van der Waals surface area contributed by atoms with Crippen molar-refractivity contribution in [3.63, 3.8) is 0 Å². The molecule has 0 heterocycles. The highest BCUT2D eigenvalue weighted by molar-refractivity contribution is 7.89. The standard InChI is InChI=1S/C16H16ClN3O5S/c1-11-2-5-13(20(22)23)10-15(11)19-16(21)8-9-18-26(24,25)14-6-3-12(17)4-7-14/h2-7,10,18H,8-9H2,1H3,(H,19,21). The minimum atomic E-state index is -3.75. The number of amides is 1. The number of halogens is 1. The van der Waals surface area contributed by atoms with Crippen LogP contribution >= 0.6 is 11.6 Å². The maximum absolute atomic E-state index is 12.1. The Hall–Kier alpha value is -2.49. The zero-order valence-electron chi connectivity index (χ0n) is 13.7. The summed E-state index contributed by atoms with van der Waals surface area (Å²) < 4.78 is 26.5. The van der Waals surface area contributed by atoms with E-state index in [1.54, 1.807) is 6.92 Å². The Morgan fingerprint density at radius 3 is 2.46 bits per heavy atom. The molecule has 1 amide bonds. The van der Waals surface area contributed by atoms with Crippen molar-refractivity contribution >= 4 is 38.9 Å². The normalized spacial score (nSPS) is 11.2. The number of aryl methyl sites for hydroxylation is 1. The molecule has 0 saturated carbocycles. The van der Waals surface area contributed by atoms with Crippen LogP contribution in [-0.4, -0.2) is 25.8 Å². The number of rotatable bonds is 7. The fourth-order valence-electron chi connectivity index (χ4n) is 2.07. The smallest absolute Gasteiger partial charge is 0.271 e. The van der Waals surface area contributed by atoms with E-state index in [-0.39, 0.29) is 23.5 Å². The minimum absolute atomic E-state index is 0.0387. The highest BCUT2D eigenvalue weighted by Gasteiger charge is 2.15. The molecule has 26 heavy (non-hydrogen) atoms. The van der Waals surface area contributed by atoms with Gasteiger partial charge in [0.05, 0.1) is 15.5 Å². The first-order chi connectivity index (χ1) is 12.2. The Kier molecular flexibility index (Phi) is 6.30. The van der Waals surface area contributed by atoms with Gasteiger partial charge in [0.25, 0.3) is 5.69 Å². The number of carbonyl (C=O) groups excluding carboxylic acids is 1. The van der Waals surface area contributed by atoms with Crippen molar-refractivity contribution < 1.29 is 18.1 Å². The molecule has 0 radical (unpaired) electrons. The lowest BCUT2D eigenvalue weighted by molar-refractivity contribution is -0.384. The van der Waals surface area contributed by atoms with E-state index in [2.05, 4.69) is 10.0 Å². The Labute approximate surface area is 155 Å². The molecule has 0 saturated heterocycles. The Bertz CT molecular complexity index is 929. The summed E-state index contributed by atoms with van der Waals surface area (Å²) in [4.78, 5) is 22.3. The molecule has 0 aliphatic carbocycles. The van der Waals surface area contributed by atoms with Crippen LogP contribution in [0.1, 0.15) is 12.0 Å². The van der Waals surface area contributed by atoms with Gasteiger partial charge in [-0.05, 0) is 36.8 Å². The Morgan fingerprint density at radius 1 is 1.19 bits per heavy atom. The van der Waals surface area contributed by atoms with E-state index in [1.807, 2.05) is 0 Å². The van der Waals surface area contributed by atoms with Crippen molar-refractivity contribution in [3.8, 4) is 0 Å². The van der Waals surface area contributed by atoms with E-state index in [9.17, 15) is 23.3 Å². The van der Waals surface area contributed by atoms with E-state index in [0.29, 0.717) is 16.3 Å². The second kappa shape index (κ2) is 8.26. The average Bonchev–Trinajstić information content (AvgIpc) is 2.57. The van der Waals surface area contributed by atoms with Crippen LogP contribution in [0.5, 0.6) is 0 Å². The maximum atomic E-state index is 12.1. The van der Waals surface area contributed by atoms with Crippen LogP contribution in [0.15, 0.2) is 47.4 Å². The third-order valence-corrected chi connectivity index (χ3v) is 5.20. The molecule has 2 aromatic rings. The van der Waals surface area contributed by atoms with Gasteiger partial charge in [-0.15, -0.1) is 0 Å².